The van der Waals surface area contributed by atoms with E-state index in [1.165, 1.54) is 25.9 Å². The minimum atomic E-state index is 0.493. The van der Waals surface area contributed by atoms with Gasteiger partial charge in [-0.3, -0.25) is 0 Å². The summed E-state index contributed by atoms with van der Waals surface area (Å²) in [5, 5.41) is 6.72. The number of aromatic nitrogens is 1. The summed E-state index contributed by atoms with van der Waals surface area (Å²) in [6, 6.07) is 9.93. The third-order valence-corrected chi connectivity index (χ3v) is 4.91. The molecule has 146 valence electrons. The van der Waals surface area contributed by atoms with Crippen molar-refractivity contribution in [2.24, 2.45) is 10.9 Å². The van der Waals surface area contributed by atoms with E-state index in [2.05, 4.69) is 39.4 Å². The van der Waals surface area contributed by atoms with Gasteiger partial charge >= 0.3 is 0 Å². The molecule has 2 aromatic rings. The lowest BCUT2D eigenvalue weighted by Gasteiger charge is -2.30. The minimum Gasteiger partial charge on any atom is -0.444 e. The number of likely N-dealkylation sites (tertiary alicyclic amines) is 1. The summed E-state index contributed by atoms with van der Waals surface area (Å²) in [4.78, 5) is 11.7. The molecular weight excluding hydrogens is 338 g/mol. The number of aliphatic imine (C=N–C) groups is 1. The van der Waals surface area contributed by atoms with Gasteiger partial charge in [-0.05, 0) is 50.9 Å². The molecule has 1 fully saturated rings. The van der Waals surface area contributed by atoms with Gasteiger partial charge in [0.15, 0.2) is 5.96 Å². The molecule has 1 aromatic carbocycles. The standard InChI is InChI=1S/C21H31N5O/c1-3-22-21(23-11-14-26-12-9-17(2)10-13-26)24-15-19-16-27-20(25-19)18-7-5-4-6-8-18/h4-8,16-17H,3,9-15H2,1-2H3,(H2,22,23,24). The predicted molar refractivity (Wildman–Crippen MR) is 110 cm³/mol. The zero-order valence-corrected chi connectivity index (χ0v) is 16.4. The lowest BCUT2D eigenvalue weighted by molar-refractivity contribution is 0.195. The van der Waals surface area contributed by atoms with E-state index in [0.29, 0.717) is 12.4 Å². The third-order valence-electron chi connectivity index (χ3n) is 4.91. The molecule has 3 rings (SSSR count). The van der Waals surface area contributed by atoms with Crippen molar-refractivity contribution >= 4 is 5.96 Å². The largest absolute Gasteiger partial charge is 0.444 e. The van der Waals surface area contributed by atoms with Crippen molar-refractivity contribution in [2.45, 2.75) is 33.2 Å². The molecular formula is C21H31N5O. The number of benzene rings is 1. The number of oxazole rings is 1. The van der Waals surface area contributed by atoms with Crippen LogP contribution < -0.4 is 10.6 Å². The maximum atomic E-state index is 5.58. The topological polar surface area (TPSA) is 65.7 Å². The number of nitrogens with one attached hydrogen (secondary N) is 2. The zero-order valence-electron chi connectivity index (χ0n) is 16.4. The van der Waals surface area contributed by atoms with E-state index in [1.54, 1.807) is 6.26 Å². The molecule has 0 saturated carbocycles. The average Bonchev–Trinajstić information content (AvgIpc) is 3.17. The van der Waals surface area contributed by atoms with E-state index in [1.807, 2.05) is 30.3 Å². The molecule has 0 atom stereocenters. The van der Waals surface area contributed by atoms with E-state index < -0.39 is 0 Å². The molecule has 1 aliphatic heterocycles. The van der Waals surface area contributed by atoms with Crippen molar-refractivity contribution in [2.75, 3.05) is 32.7 Å². The Bertz CT molecular complexity index is 704. The molecule has 0 amide bonds. The van der Waals surface area contributed by atoms with Crippen molar-refractivity contribution in [3.05, 3.63) is 42.3 Å². The Labute approximate surface area is 162 Å². The SMILES string of the molecule is CCNC(=NCc1coc(-c2ccccc2)n1)NCCN1CCC(C)CC1. The minimum absolute atomic E-state index is 0.493. The average molecular weight is 370 g/mol. The Morgan fingerprint density at radius 2 is 2.00 bits per heavy atom. The van der Waals surface area contributed by atoms with Crippen LogP contribution in [0.1, 0.15) is 32.4 Å². The second kappa shape index (κ2) is 10.1. The molecule has 27 heavy (non-hydrogen) atoms. The Morgan fingerprint density at radius 1 is 1.22 bits per heavy atom. The predicted octanol–water partition coefficient (Wildman–Crippen LogP) is 3.13. The Kier molecular flexibility index (Phi) is 7.27. The van der Waals surface area contributed by atoms with E-state index >= 15 is 0 Å². The van der Waals surface area contributed by atoms with Crippen LogP contribution in [0.5, 0.6) is 0 Å². The summed E-state index contributed by atoms with van der Waals surface area (Å²) >= 11 is 0. The lowest BCUT2D eigenvalue weighted by Crippen LogP contribution is -2.43. The highest BCUT2D eigenvalue weighted by atomic mass is 16.3. The van der Waals surface area contributed by atoms with Crippen LogP contribution in [0.2, 0.25) is 0 Å². The van der Waals surface area contributed by atoms with E-state index in [-0.39, 0.29) is 0 Å². The number of rotatable bonds is 7. The van der Waals surface area contributed by atoms with Gasteiger partial charge in [0.25, 0.3) is 0 Å². The second-order valence-corrected chi connectivity index (χ2v) is 7.16. The molecule has 0 aliphatic carbocycles. The van der Waals surface area contributed by atoms with Crippen LogP contribution in [0.15, 0.2) is 46.0 Å². The molecule has 0 unspecified atom stereocenters. The molecule has 2 heterocycles. The monoisotopic (exact) mass is 369 g/mol. The van der Waals surface area contributed by atoms with Crippen molar-refractivity contribution in [3.8, 4) is 11.5 Å². The van der Waals surface area contributed by atoms with Crippen LogP contribution in [0.4, 0.5) is 0 Å². The number of hydrogen-bond acceptors (Lipinski definition) is 4. The Morgan fingerprint density at radius 3 is 2.74 bits per heavy atom. The number of guanidine groups is 1. The summed E-state index contributed by atoms with van der Waals surface area (Å²) in [5.74, 6) is 2.33. The highest BCUT2D eigenvalue weighted by Crippen LogP contribution is 2.18. The summed E-state index contributed by atoms with van der Waals surface area (Å²) < 4.78 is 5.58. The van der Waals surface area contributed by atoms with Gasteiger partial charge < -0.3 is 20.0 Å². The zero-order chi connectivity index (χ0) is 18.9. The van der Waals surface area contributed by atoms with E-state index in [9.17, 15) is 0 Å². The van der Waals surface area contributed by atoms with Gasteiger partial charge in [0.2, 0.25) is 5.89 Å². The fourth-order valence-corrected chi connectivity index (χ4v) is 3.21. The molecule has 6 nitrogen and oxygen atoms in total. The first-order valence-corrected chi connectivity index (χ1v) is 9.99. The second-order valence-electron chi connectivity index (χ2n) is 7.16. The quantitative estimate of drug-likeness (QED) is 0.580. The number of piperidine rings is 1. The first-order chi connectivity index (χ1) is 13.2. The molecule has 0 bridgehead atoms. The summed E-state index contributed by atoms with van der Waals surface area (Å²) in [6.45, 7) is 10.1. The fraction of sp³-hybridized carbons (Fsp3) is 0.524. The van der Waals surface area contributed by atoms with Crippen LogP contribution in [-0.4, -0.2) is 48.6 Å². The van der Waals surface area contributed by atoms with Crippen molar-refractivity contribution in [1.29, 1.82) is 0 Å². The van der Waals surface area contributed by atoms with Gasteiger partial charge in [-0.2, -0.15) is 0 Å². The molecule has 2 N–H and O–H groups in total. The molecule has 1 aliphatic rings. The molecule has 1 saturated heterocycles. The summed E-state index contributed by atoms with van der Waals surface area (Å²) in [7, 11) is 0. The van der Waals surface area contributed by atoms with Crippen LogP contribution in [0, 0.1) is 5.92 Å². The van der Waals surface area contributed by atoms with Crippen molar-refractivity contribution in [3.63, 3.8) is 0 Å². The highest BCUT2D eigenvalue weighted by Gasteiger charge is 2.15. The maximum Gasteiger partial charge on any atom is 0.226 e. The third kappa shape index (κ3) is 6.10. The van der Waals surface area contributed by atoms with E-state index in [0.717, 1.165) is 42.8 Å². The van der Waals surface area contributed by atoms with Crippen molar-refractivity contribution < 1.29 is 4.42 Å². The maximum absolute atomic E-state index is 5.58. The van der Waals surface area contributed by atoms with Gasteiger partial charge in [0.1, 0.15) is 12.0 Å². The van der Waals surface area contributed by atoms with Crippen molar-refractivity contribution in [1.82, 2.24) is 20.5 Å². The Hall–Kier alpha value is -2.34. The van der Waals surface area contributed by atoms with Gasteiger partial charge in [-0.15, -0.1) is 0 Å². The highest BCUT2D eigenvalue weighted by molar-refractivity contribution is 5.79. The van der Waals surface area contributed by atoms with Crippen LogP contribution >= 0.6 is 0 Å². The first kappa shape index (κ1) is 19.4. The van der Waals surface area contributed by atoms with Gasteiger partial charge in [0.05, 0.1) is 6.54 Å². The number of nitrogens with zero attached hydrogens (tertiary/aromatic N) is 3. The number of hydrogen-bond donors (Lipinski definition) is 2. The summed E-state index contributed by atoms with van der Waals surface area (Å²) in [6.07, 6.45) is 4.30. The first-order valence-electron chi connectivity index (χ1n) is 9.99. The van der Waals surface area contributed by atoms with Crippen LogP contribution in [0.25, 0.3) is 11.5 Å². The van der Waals surface area contributed by atoms with Crippen LogP contribution in [-0.2, 0) is 6.54 Å². The van der Waals surface area contributed by atoms with Crippen LogP contribution in [0.3, 0.4) is 0 Å². The molecule has 0 radical (unpaired) electrons. The van der Waals surface area contributed by atoms with E-state index in [4.69, 9.17) is 4.42 Å². The Balaban J connectivity index is 1.49. The summed E-state index contributed by atoms with van der Waals surface area (Å²) in [5.41, 5.74) is 1.81. The fourth-order valence-electron chi connectivity index (χ4n) is 3.21. The molecule has 6 heteroatoms. The smallest absolute Gasteiger partial charge is 0.226 e. The normalized spacial score (nSPS) is 16.4. The van der Waals surface area contributed by atoms with Gasteiger partial charge in [-0.25, -0.2) is 9.98 Å². The molecule has 0 spiro atoms. The van der Waals surface area contributed by atoms with Gasteiger partial charge in [-0.1, -0.05) is 25.1 Å². The molecule has 1 aromatic heterocycles. The van der Waals surface area contributed by atoms with Gasteiger partial charge in [0, 0.05) is 25.2 Å². The lowest BCUT2D eigenvalue weighted by atomic mass is 9.99.